The van der Waals surface area contributed by atoms with E-state index in [2.05, 4.69) is 0 Å². The fraction of sp³-hybridized carbons (Fsp3) is 0.250. The highest BCUT2D eigenvalue weighted by atomic mass is 35.6. The van der Waals surface area contributed by atoms with E-state index in [4.69, 9.17) is 34.3 Å². The Labute approximate surface area is 89.4 Å². The highest BCUT2D eigenvalue weighted by Gasteiger charge is 2.08. The molecule has 0 saturated carbocycles. The molecule has 0 radical (unpaired) electrons. The lowest BCUT2D eigenvalue weighted by molar-refractivity contribution is 1.09. The number of benzene rings is 1. The largest absolute Gasteiger partial charge is 0.175 e. The zero-order chi connectivity index (χ0) is 8.97. The van der Waals surface area contributed by atoms with Gasteiger partial charge in [-0.15, -0.1) is 11.6 Å². The van der Waals surface area contributed by atoms with Crippen LogP contribution in [0.1, 0.15) is 11.1 Å². The van der Waals surface area contributed by atoms with Crippen LogP contribution >= 0.6 is 34.3 Å². The Morgan fingerprint density at radius 2 is 1.83 bits per heavy atom. The number of hydrogen-bond donors (Lipinski definition) is 0. The molecule has 0 bridgehead atoms. The van der Waals surface area contributed by atoms with Gasteiger partial charge in [0.1, 0.15) is 8.83 Å². The zero-order valence-electron chi connectivity index (χ0n) is 6.43. The van der Waals surface area contributed by atoms with Crippen molar-refractivity contribution < 1.29 is 0 Å². The molecule has 0 nitrogen and oxygen atoms in total. The second-order valence-corrected chi connectivity index (χ2v) is 5.52. The van der Waals surface area contributed by atoms with Crippen molar-refractivity contribution in [1.29, 1.82) is 0 Å². The molecule has 0 heterocycles. The molecule has 66 valence electrons. The van der Waals surface area contributed by atoms with Crippen LogP contribution in [-0.4, -0.2) is 14.7 Å². The monoisotopic (exact) mass is 238 g/mol. The average Bonchev–Trinajstić information content (AvgIpc) is 2.10. The SMILES string of the molecule is ClCC([SiH2]Cl)c1ccc(Cl)cc1. The van der Waals surface area contributed by atoms with Crippen molar-refractivity contribution in [3.63, 3.8) is 0 Å². The van der Waals surface area contributed by atoms with Crippen LogP contribution in [0.5, 0.6) is 0 Å². The number of rotatable bonds is 3. The first-order valence-electron chi connectivity index (χ1n) is 3.65. The van der Waals surface area contributed by atoms with E-state index in [1.807, 2.05) is 24.3 Å². The first-order chi connectivity index (χ1) is 5.77. The summed E-state index contributed by atoms with van der Waals surface area (Å²) in [7, 11) is -0.585. The molecule has 0 spiro atoms. The minimum atomic E-state index is -0.585. The Morgan fingerprint density at radius 1 is 1.25 bits per heavy atom. The van der Waals surface area contributed by atoms with Crippen molar-refractivity contribution in [1.82, 2.24) is 0 Å². The van der Waals surface area contributed by atoms with Crippen molar-refractivity contribution in [3.8, 4) is 0 Å². The van der Waals surface area contributed by atoms with Crippen LogP contribution in [0.25, 0.3) is 0 Å². The summed E-state index contributed by atoms with van der Waals surface area (Å²) in [6.07, 6.45) is 0. The van der Waals surface area contributed by atoms with Gasteiger partial charge in [-0.05, 0) is 17.7 Å². The molecule has 1 aromatic carbocycles. The minimum absolute atomic E-state index is 0.366. The number of alkyl halides is 1. The van der Waals surface area contributed by atoms with Crippen LogP contribution in [0.15, 0.2) is 24.3 Å². The van der Waals surface area contributed by atoms with Gasteiger partial charge in [-0.25, -0.2) is 0 Å². The molecule has 0 aliphatic rings. The van der Waals surface area contributed by atoms with E-state index in [1.54, 1.807) is 0 Å². The maximum atomic E-state index is 5.86. The highest BCUT2D eigenvalue weighted by molar-refractivity contribution is 6.94. The van der Waals surface area contributed by atoms with Crippen LogP contribution in [0.2, 0.25) is 5.02 Å². The van der Waals surface area contributed by atoms with Crippen molar-refractivity contribution in [2.45, 2.75) is 5.54 Å². The quantitative estimate of drug-likeness (QED) is 0.432. The van der Waals surface area contributed by atoms with Gasteiger partial charge in [0.15, 0.2) is 0 Å². The number of hydrogen-bond acceptors (Lipinski definition) is 0. The summed E-state index contributed by atoms with van der Waals surface area (Å²) in [4.78, 5) is 0. The van der Waals surface area contributed by atoms with E-state index >= 15 is 0 Å². The molecule has 0 N–H and O–H groups in total. The minimum Gasteiger partial charge on any atom is -0.175 e. The maximum absolute atomic E-state index is 5.86. The first kappa shape index (κ1) is 10.4. The van der Waals surface area contributed by atoms with E-state index < -0.39 is 8.83 Å². The van der Waals surface area contributed by atoms with E-state index in [1.165, 1.54) is 5.56 Å². The second-order valence-electron chi connectivity index (χ2n) is 2.56. The summed E-state index contributed by atoms with van der Waals surface area (Å²) in [5.41, 5.74) is 1.57. The molecule has 1 atom stereocenters. The molecule has 0 saturated heterocycles. The summed E-state index contributed by atoms with van der Waals surface area (Å²) in [5, 5.41) is 0.753. The molecule has 0 aliphatic carbocycles. The highest BCUT2D eigenvalue weighted by Crippen LogP contribution is 2.19. The molecule has 12 heavy (non-hydrogen) atoms. The van der Waals surface area contributed by atoms with E-state index in [-0.39, 0.29) is 0 Å². The van der Waals surface area contributed by atoms with Gasteiger partial charge in [0.05, 0.1) is 0 Å². The lowest BCUT2D eigenvalue weighted by atomic mass is 10.2. The van der Waals surface area contributed by atoms with Crippen LogP contribution in [0.4, 0.5) is 0 Å². The van der Waals surface area contributed by atoms with Gasteiger partial charge in [-0.1, -0.05) is 23.7 Å². The summed E-state index contributed by atoms with van der Waals surface area (Å²) in [6, 6.07) is 7.73. The fourth-order valence-corrected chi connectivity index (χ4v) is 3.32. The molecule has 0 aliphatic heterocycles. The van der Waals surface area contributed by atoms with Gasteiger partial charge in [0.25, 0.3) is 0 Å². The van der Waals surface area contributed by atoms with Crippen LogP contribution in [-0.2, 0) is 0 Å². The molecule has 1 rings (SSSR count). The van der Waals surface area contributed by atoms with Gasteiger partial charge in [0.2, 0.25) is 0 Å². The van der Waals surface area contributed by atoms with Crippen LogP contribution < -0.4 is 0 Å². The molecule has 0 amide bonds. The van der Waals surface area contributed by atoms with Gasteiger partial charge in [-0.2, -0.15) is 11.1 Å². The van der Waals surface area contributed by atoms with Crippen molar-refractivity contribution in [2.24, 2.45) is 0 Å². The molecular weight excluding hydrogens is 231 g/mol. The zero-order valence-corrected chi connectivity index (χ0v) is 10.1. The second kappa shape index (κ2) is 5.13. The van der Waals surface area contributed by atoms with Crippen LogP contribution in [0, 0.1) is 0 Å². The predicted molar refractivity (Wildman–Crippen MR) is 59.3 cm³/mol. The topological polar surface area (TPSA) is 0 Å². The standard InChI is InChI=1S/C8H9Cl3Si/c9-5-8(12-11)6-1-3-7(10)4-2-6/h1-4,8H,5,12H2. The van der Waals surface area contributed by atoms with Gasteiger partial charge in [0, 0.05) is 16.4 Å². The fourth-order valence-electron chi connectivity index (χ4n) is 0.954. The van der Waals surface area contributed by atoms with Gasteiger partial charge < -0.3 is 0 Å². The van der Waals surface area contributed by atoms with Crippen molar-refractivity contribution >= 4 is 43.1 Å². The molecule has 1 unspecified atom stereocenters. The number of halogens is 3. The van der Waals surface area contributed by atoms with E-state index in [0.717, 1.165) is 5.02 Å². The Hall–Kier alpha value is 0.307. The Kier molecular flexibility index (Phi) is 4.44. The van der Waals surface area contributed by atoms with E-state index in [0.29, 0.717) is 11.4 Å². The lowest BCUT2D eigenvalue weighted by Gasteiger charge is -2.09. The Balaban J connectivity index is 2.80. The van der Waals surface area contributed by atoms with Crippen molar-refractivity contribution in [3.05, 3.63) is 34.9 Å². The molecular formula is C8H9Cl3Si. The normalized spacial score (nSPS) is 13.9. The van der Waals surface area contributed by atoms with Crippen molar-refractivity contribution in [2.75, 3.05) is 5.88 Å². The van der Waals surface area contributed by atoms with Gasteiger partial charge >= 0.3 is 0 Å². The molecule has 0 fully saturated rings. The molecule has 4 heteroatoms. The Morgan fingerprint density at radius 3 is 2.25 bits per heavy atom. The smallest absolute Gasteiger partial charge is 0.133 e. The summed E-state index contributed by atoms with van der Waals surface area (Å²) in [5.74, 6) is 0.608. The Bertz CT molecular complexity index is 231. The molecule has 0 aromatic heterocycles. The lowest BCUT2D eigenvalue weighted by Crippen LogP contribution is -2.04. The van der Waals surface area contributed by atoms with E-state index in [9.17, 15) is 0 Å². The summed E-state index contributed by atoms with van der Waals surface area (Å²) in [6.45, 7) is 0. The predicted octanol–water partition coefficient (Wildman–Crippen LogP) is 2.94. The average molecular weight is 240 g/mol. The summed E-state index contributed by atoms with van der Waals surface area (Å²) >= 11 is 17.4. The summed E-state index contributed by atoms with van der Waals surface area (Å²) < 4.78 is 0. The van der Waals surface area contributed by atoms with Gasteiger partial charge in [-0.3, -0.25) is 0 Å². The maximum Gasteiger partial charge on any atom is 0.133 e. The third kappa shape index (κ3) is 2.66. The van der Waals surface area contributed by atoms with Crippen LogP contribution in [0.3, 0.4) is 0 Å². The third-order valence-electron chi connectivity index (χ3n) is 1.71. The molecule has 1 aromatic rings. The first-order valence-corrected chi connectivity index (χ1v) is 7.52. The third-order valence-corrected chi connectivity index (χ3v) is 4.95.